The fourth-order valence-electron chi connectivity index (χ4n) is 3.57. The van der Waals surface area contributed by atoms with E-state index in [4.69, 9.17) is 17.3 Å². The summed E-state index contributed by atoms with van der Waals surface area (Å²) in [7, 11) is 0. The molecule has 2 heterocycles. The van der Waals surface area contributed by atoms with Gasteiger partial charge in [0, 0.05) is 17.8 Å². The van der Waals surface area contributed by atoms with Crippen LogP contribution >= 0.6 is 22.9 Å². The number of halogens is 1. The minimum Gasteiger partial charge on any atom is -0.368 e. The van der Waals surface area contributed by atoms with Gasteiger partial charge in [0.25, 0.3) is 11.8 Å². The number of nitrogens with one attached hydrogen (secondary N) is 2. The Morgan fingerprint density at radius 1 is 1.19 bits per heavy atom. The number of likely N-dealkylation sites (tertiary alicyclic amines) is 1. The maximum Gasteiger partial charge on any atom is 0.262 e. The van der Waals surface area contributed by atoms with Crippen LogP contribution in [0.2, 0.25) is 4.34 Å². The van der Waals surface area contributed by atoms with E-state index in [2.05, 4.69) is 10.6 Å². The van der Waals surface area contributed by atoms with E-state index in [0.717, 1.165) is 17.8 Å². The van der Waals surface area contributed by atoms with Crippen molar-refractivity contribution >= 4 is 52.3 Å². The van der Waals surface area contributed by atoms with Gasteiger partial charge in [-0.05, 0) is 69.5 Å². The number of nitrogens with two attached hydrogens (primary N) is 1. The fourth-order valence-corrected chi connectivity index (χ4v) is 4.51. The first-order valence-corrected chi connectivity index (χ1v) is 11.3. The molecule has 3 rings (SSSR count). The van der Waals surface area contributed by atoms with Crippen molar-refractivity contribution in [3.8, 4) is 0 Å². The number of nitrogens with zero attached hydrogens (tertiary/aromatic N) is 1. The molecule has 0 spiro atoms. The molecule has 1 saturated heterocycles. The van der Waals surface area contributed by atoms with Crippen molar-refractivity contribution in [3.05, 3.63) is 50.7 Å². The van der Waals surface area contributed by atoms with Crippen molar-refractivity contribution in [2.75, 3.05) is 11.9 Å². The lowest BCUT2D eigenvalue weighted by Crippen LogP contribution is -2.52. The van der Waals surface area contributed by atoms with Crippen molar-refractivity contribution in [1.29, 1.82) is 0 Å². The van der Waals surface area contributed by atoms with Crippen LogP contribution in [0, 0.1) is 6.92 Å². The lowest BCUT2D eigenvalue weighted by Gasteiger charge is -2.25. The Hall–Kier alpha value is -2.91. The van der Waals surface area contributed by atoms with Crippen LogP contribution in [0.3, 0.4) is 0 Å². The number of amides is 4. The van der Waals surface area contributed by atoms with E-state index in [0.29, 0.717) is 39.0 Å². The molecule has 1 aromatic carbocycles. The van der Waals surface area contributed by atoms with Crippen LogP contribution in [0.15, 0.2) is 30.3 Å². The molecule has 0 unspecified atom stereocenters. The largest absolute Gasteiger partial charge is 0.368 e. The van der Waals surface area contributed by atoms with Gasteiger partial charge in [0.15, 0.2) is 0 Å². The molecule has 10 heteroatoms. The highest BCUT2D eigenvalue weighted by Crippen LogP contribution is 2.24. The Kier molecular flexibility index (Phi) is 6.90. The number of primary amides is 1. The van der Waals surface area contributed by atoms with Crippen molar-refractivity contribution in [2.24, 2.45) is 5.73 Å². The van der Waals surface area contributed by atoms with Gasteiger partial charge in [-0.2, -0.15) is 0 Å². The Labute approximate surface area is 195 Å². The third kappa shape index (κ3) is 5.11. The van der Waals surface area contributed by atoms with Gasteiger partial charge in [-0.15, -0.1) is 11.3 Å². The number of thiophene rings is 1. The molecule has 0 bridgehead atoms. The van der Waals surface area contributed by atoms with Crippen molar-refractivity contribution in [3.63, 3.8) is 0 Å². The van der Waals surface area contributed by atoms with Gasteiger partial charge >= 0.3 is 0 Å². The molecule has 1 atom stereocenters. The van der Waals surface area contributed by atoms with E-state index in [9.17, 15) is 19.2 Å². The summed E-state index contributed by atoms with van der Waals surface area (Å²) in [6.07, 6.45) is 1.29. The second-order valence-electron chi connectivity index (χ2n) is 8.23. The van der Waals surface area contributed by atoms with Gasteiger partial charge in [-0.3, -0.25) is 19.2 Å². The summed E-state index contributed by atoms with van der Waals surface area (Å²) in [4.78, 5) is 51.6. The zero-order valence-corrected chi connectivity index (χ0v) is 19.6. The van der Waals surface area contributed by atoms with E-state index in [-0.39, 0.29) is 5.91 Å². The molecule has 170 valence electrons. The van der Waals surface area contributed by atoms with Crippen molar-refractivity contribution in [2.45, 2.75) is 45.2 Å². The number of rotatable bonds is 6. The van der Waals surface area contributed by atoms with Gasteiger partial charge < -0.3 is 21.3 Å². The normalized spacial score (nSPS) is 16.0. The summed E-state index contributed by atoms with van der Waals surface area (Å²) in [5.74, 6) is -1.58. The van der Waals surface area contributed by atoms with E-state index in [1.807, 2.05) is 0 Å². The molecule has 32 heavy (non-hydrogen) atoms. The van der Waals surface area contributed by atoms with E-state index < -0.39 is 29.3 Å². The quantitative estimate of drug-likeness (QED) is 0.593. The molecule has 0 saturated carbocycles. The van der Waals surface area contributed by atoms with Crippen LogP contribution in [0.1, 0.15) is 52.3 Å². The maximum atomic E-state index is 12.9. The van der Waals surface area contributed by atoms with Crippen LogP contribution in [-0.4, -0.2) is 46.7 Å². The average molecular weight is 477 g/mol. The molecule has 0 radical (unpaired) electrons. The number of anilines is 1. The predicted octanol–water partition coefficient (Wildman–Crippen LogP) is 2.95. The van der Waals surface area contributed by atoms with Gasteiger partial charge in [-0.1, -0.05) is 11.6 Å². The zero-order chi connectivity index (χ0) is 23.6. The molecule has 1 fully saturated rings. The molecule has 1 aliphatic heterocycles. The molecular weight excluding hydrogens is 452 g/mol. The highest BCUT2D eigenvalue weighted by molar-refractivity contribution is 7.18. The molecule has 2 aromatic rings. The SMILES string of the molecule is Cc1cc(NC(=O)C(C)(C)NC(=O)c2ccc(Cl)s2)ccc1C(=O)N1CCC[C@H]1C(N)=O. The standard InChI is InChI=1S/C22H25ClN4O4S/c1-12-11-13(6-7-14(12)20(30)27-10-4-5-15(27)18(24)28)25-21(31)22(2,3)26-19(29)16-8-9-17(23)32-16/h6-9,11,15H,4-5,10H2,1-3H3,(H2,24,28)(H,25,31)(H,26,29)/t15-/m0/s1. The fraction of sp³-hybridized carbons (Fsp3) is 0.364. The van der Waals surface area contributed by atoms with E-state index >= 15 is 0 Å². The minimum atomic E-state index is -1.19. The maximum absolute atomic E-state index is 12.9. The van der Waals surface area contributed by atoms with Crippen LogP contribution in [0.5, 0.6) is 0 Å². The van der Waals surface area contributed by atoms with Gasteiger partial charge in [0.05, 0.1) is 9.21 Å². The zero-order valence-electron chi connectivity index (χ0n) is 18.0. The number of carbonyl (C=O) groups excluding carboxylic acids is 4. The first-order chi connectivity index (χ1) is 15.0. The van der Waals surface area contributed by atoms with E-state index in [1.54, 1.807) is 51.1 Å². The van der Waals surface area contributed by atoms with Crippen molar-refractivity contribution in [1.82, 2.24) is 10.2 Å². The third-order valence-corrected chi connectivity index (χ3v) is 6.58. The smallest absolute Gasteiger partial charge is 0.262 e. The molecule has 4 N–H and O–H groups in total. The first-order valence-electron chi connectivity index (χ1n) is 10.1. The molecular formula is C22H25ClN4O4S. The molecule has 4 amide bonds. The first kappa shape index (κ1) is 23.7. The summed E-state index contributed by atoms with van der Waals surface area (Å²) < 4.78 is 0.485. The van der Waals surface area contributed by atoms with Crippen LogP contribution in [0.4, 0.5) is 5.69 Å². The molecule has 0 aliphatic carbocycles. The van der Waals surface area contributed by atoms with Crippen LogP contribution < -0.4 is 16.4 Å². The van der Waals surface area contributed by atoms with Crippen LogP contribution in [0.25, 0.3) is 0 Å². The van der Waals surface area contributed by atoms with Gasteiger partial charge in [0.1, 0.15) is 11.6 Å². The average Bonchev–Trinajstić information content (AvgIpc) is 3.36. The van der Waals surface area contributed by atoms with Gasteiger partial charge in [0.2, 0.25) is 11.8 Å². The Morgan fingerprint density at radius 3 is 2.50 bits per heavy atom. The second kappa shape index (κ2) is 9.30. The number of aryl methyl sites for hydroxylation is 1. The Morgan fingerprint density at radius 2 is 1.91 bits per heavy atom. The van der Waals surface area contributed by atoms with Crippen molar-refractivity contribution < 1.29 is 19.2 Å². The predicted molar refractivity (Wildman–Crippen MR) is 124 cm³/mol. The lowest BCUT2D eigenvalue weighted by molar-refractivity contribution is -0.122. The summed E-state index contributed by atoms with van der Waals surface area (Å²) in [6.45, 7) is 5.43. The van der Waals surface area contributed by atoms with Crippen LogP contribution in [-0.2, 0) is 9.59 Å². The minimum absolute atomic E-state index is 0.260. The number of hydrogen-bond donors (Lipinski definition) is 3. The molecule has 8 nitrogen and oxygen atoms in total. The summed E-state index contributed by atoms with van der Waals surface area (Å²) >= 11 is 7.00. The number of hydrogen-bond acceptors (Lipinski definition) is 5. The topological polar surface area (TPSA) is 122 Å². The molecule has 1 aliphatic rings. The summed E-state index contributed by atoms with van der Waals surface area (Å²) in [5, 5.41) is 5.47. The molecule has 1 aromatic heterocycles. The second-order valence-corrected chi connectivity index (χ2v) is 9.94. The summed E-state index contributed by atoms with van der Waals surface area (Å²) in [6, 6.07) is 7.53. The monoisotopic (exact) mass is 476 g/mol. The Bertz CT molecular complexity index is 1080. The number of benzene rings is 1. The third-order valence-electron chi connectivity index (χ3n) is 5.35. The highest BCUT2D eigenvalue weighted by Gasteiger charge is 2.34. The van der Waals surface area contributed by atoms with E-state index in [1.165, 1.54) is 4.90 Å². The van der Waals surface area contributed by atoms with Gasteiger partial charge in [-0.25, -0.2) is 0 Å². The highest BCUT2D eigenvalue weighted by atomic mass is 35.5. The summed E-state index contributed by atoms with van der Waals surface area (Å²) in [5.41, 5.74) is 5.80. The number of carbonyl (C=O) groups is 4. The Balaban J connectivity index is 1.69. The lowest BCUT2D eigenvalue weighted by atomic mass is 10.0.